The highest BCUT2D eigenvalue weighted by atomic mass is 16.5. The van der Waals surface area contributed by atoms with Crippen LogP contribution >= 0.6 is 0 Å². The molecule has 0 aliphatic carbocycles. The van der Waals surface area contributed by atoms with Crippen molar-refractivity contribution in [2.75, 3.05) is 13.6 Å². The maximum absolute atomic E-state index is 6.40. The quantitative estimate of drug-likeness (QED) is 0.916. The van der Waals surface area contributed by atoms with Gasteiger partial charge in [0.2, 0.25) is 0 Å². The molecule has 2 aromatic rings. The molecule has 1 aliphatic rings. The summed E-state index contributed by atoms with van der Waals surface area (Å²) in [6.45, 7) is 3.57. The van der Waals surface area contributed by atoms with E-state index in [-0.39, 0.29) is 12.2 Å². The monoisotopic (exact) mass is 297 g/mol. The van der Waals surface area contributed by atoms with Crippen LogP contribution < -0.4 is 10.1 Å². The Morgan fingerprint density at radius 2 is 1.91 bits per heavy atom. The van der Waals surface area contributed by atoms with E-state index in [0.717, 1.165) is 18.7 Å². The summed E-state index contributed by atoms with van der Waals surface area (Å²) in [5.41, 5.74) is 3.68. The summed E-state index contributed by atoms with van der Waals surface area (Å²) >= 11 is 0. The topological polar surface area (TPSA) is 30.5 Å². The fraction of sp³-hybridized carbons (Fsp3) is 0.368. The van der Waals surface area contributed by atoms with Gasteiger partial charge in [-0.25, -0.2) is 0 Å². The van der Waals surface area contributed by atoms with Gasteiger partial charge in [0, 0.05) is 12.1 Å². The van der Waals surface area contributed by atoms with Gasteiger partial charge in [0.15, 0.2) is 6.10 Å². The standard InChI is InChI=1S/C19H23NO2/c1-3-14-8-5-7-11-17(14)22-19-16-10-6-4-9-15(16)13-21-18(19)12-20-2/h4-11,18-20H,3,12-13H2,1-2H3. The second-order valence-electron chi connectivity index (χ2n) is 5.61. The van der Waals surface area contributed by atoms with Gasteiger partial charge in [-0.05, 0) is 30.7 Å². The van der Waals surface area contributed by atoms with Crippen LogP contribution in [0.15, 0.2) is 48.5 Å². The Morgan fingerprint density at radius 3 is 2.73 bits per heavy atom. The van der Waals surface area contributed by atoms with Crippen LogP contribution in [-0.4, -0.2) is 19.7 Å². The van der Waals surface area contributed by atoms with E-state index in [1.165, 1.54) is 16.7 Å². The van der Waals surface area contributed by atoms with E-state index in [2.05, 4.69) is 48.6 Å². The van der Waals surface area contributed by atoms with E-state index in [4.69, 9.17) is 9.47 Å². The number of likely N-dealkylation sites (N-methyl/N-ethyl adjacent to an activating group) is 1. The van der Waals surface area contributed by atoms with E-state index < -0.39 is 0 Å². The molecule has 3 heteroatoms. The Hall–Kier alpha value is -1.84. The fourth-order valence-corrected chi connectivity index (χ4v) is 2.98. The summed E-state index contributed by atoms with van der Waals surface area (Å²) in [5.74, 6) is 0.955. The molecule has 22 heavy (non-hydrogen) atoms. The van der Waals surface area contributed by atoms with E-state index in [9.17, 15) is 0 Å². The first-order chi connectivity index (χ1) is 10.8. The van der Waals surface area contributed by atoms with Gasteiger partial charge in [-0.2, -0.15) is 0 Å². The van der Waals surface area contributed by atoms with Crippen molar-refractivity contribution in [3.63, 3.8) is 0 Å². The van der Waals surface area contributed by atoms with Gasteiger partial charge in [0.25, 0.3) is 0 Å². The van der Waals surface area contributed by atoms with E-state index in [1.54, 1.807) is 0 Å². The van der Waals surface area contributed by atoms with Gasteiger partial charge in [-0.3, -0.25) is 0 Å². The Morgan fingerprint density at radius 1 is 1.14 bits per heavy atom. The normalized spacial score (nSPS) is 20.5. The molecule has 1 heterocycles. The molecule has 116 valence electrons. The highest BCUT2D eigenvalue weighted by Gasteiger charge is 2.32. The lowest BCUT2D eigenvalue weighted by Crippen LogP contribution is -2.38. The van der Waals surface area contributed by atoms with Crippen LogP contribution in [0.2, 0.25) is 0 Å². The van der Waals surface area contributed by atoms with Gasteiger partial charge < -0.3 is 14.8 Å². The highest BCUT2D eigenvalue weighted by Crippen LogP contribution is 2.34. The van der Waals surface area contributed by atoms with Crippen molar-refractivity contribution < 1.29 is 9.47 Å². The number of benzene rings is 2. The minimum absolute atomic E-state index is 0.0183. The van der Waals surface area contributed by atoms with Crippen molar-refractivity contribution in [1.82, 2.24) is 5.32 Å². The second kappa shape index (κ2) is 6.95. The fourth-order valence-electron chi connectivity index (χ4n) is 2.98. The third-order valence-corrected chi connectivity index (χ3v) is 4.16. The number of ether oxygens (including phenoxy) is 2. The zero-order valence-electron chi connectivity index (χ0n) is 13.2. The Labute approximate surface area is 132 Å². The molecule has 3 rings (SSSR count). The van der Waals surface area contributed by atoms with Gasteiger partial charge >= 0.3 is 0 Å². The molecule has 0 radical (unpaired) electrons. The molecule has 2 unspecified atom stereocenters. The van der Waals surface area contributed by atoms with Gasteiger partial charge in [-0.15, -0.1) is 0 Å². The molecule has 0 saturated heterocycles. The van der Waals surface area contributed by atoms with E-state index in [0.29, 0.717) is 6.61 Å². The number of hydrogen-bond donors (Lipinski definition) is 1. The van der Waals surface area contributed by atoms with Crippen molar-refractivity contribution in [3.8, 4) is 5.75 Å². The van der Waals surface area contributed by atoms with Crippen LogP contribution in [0.3, 0.4) is 0 Å². The lowest BCUT2D eigenvalue weighted by atomic mass is 9.95. The number of hydrogen-bond acceptors (Lipinski definition) is 3. The summed E-state index contributed by atoms with van der Waals surface area (Å²) in [7, 11) is 1.95. The summed E-state index contributed by atoms with van der Waals surface area (Å²) in [6, 6.07) is 16.6. The number of fused-ring (bicyclic) bond motifs is 1. The van der Waals surface area contributed by atoms with Crippen LogP contribution in [0.1, 0.15) is 29.7 Å². The zero-order valence-corrected chi connectivity index (χ0v) is 13.2. The lowest BCUT2D eigenvalue weighted by molar-refractivity contribution is -0.0499. The average molecular weight is 297 g/mol. The average Bonchev–Trinajstić information content (AvgIpc) is 2.57. The molecular formula is C19H23NO2. The summed E-state index contributed by atoms with van der Waals surface area (Å²) in [4.78, 5) is 0. The van der Waals surface area contributed by atoms with Crippen LogP contribution in [0, 0.1) is 0 Å². The van der Waals surface area contributed by atoms with E-state index >= 15 is 0 Å². The maximum Gasteiger partial charge on any atom is 0.151 e. The van der Waals surface area contributed by atoms with Crippen molar-refractivity contribution in [3.05, 3.63) is 65.2 Å². The predicted molar refractivity (Wildman–Crippen MR) is 88.1 cm³/mol. The number of rotatable bonds is 5. The Balaban J connectivity index is 1.94. The smallest absolute Gasteiger partial charge is 0.151 e. The second-order valence-corrected chi connectivity index (χ2v) is 5.61. The van der Waals surface area contributed by atoms with Crippen molar-refractivity contribution in [2.45, 2.75) is 32.2 Å². The molecule has 0 fully saturated rings. The molecule has 3 nitrogen and oxygen atoms in total. The molecule has 0 amide bonds. The van der Waals surface area contributed by atoms with Gasteiger partial charge in [0.05, 0.1) is 6.61 Å². The van der Waals surface area contributed by atoms with Gasteiger partial charge in [-0.1, -0.05) is 49.4 Å². The predicted octanol–water partition coefficient (Wildman–Crippen LogP) is 3.49. The molecule has 2 aromatic carbocycles. The van der Waals surface area contributed by atoms with Crippen LogP contribution in [0.5, 0.6) is 5.75 Å². The third kappa shape index (κ3) is 3.01. The molecule has 1 N–H and O–H groups in total. The first kappa shape index (κ1) is 15.1. The maximum atomic E-state index is 6.40. The number of aryl methyl sites for hydroxylation is 1. The Kier molecular flexibility index (Phi) is 4.76. The summed E-state index contributed by atoms with van der Waals surface area (Å²) in [6.07, 6.45) is 0.900. The van der Waals surface area contributed by atoms with Crippen LogP contribution in [0.4, 0.5) is 0 Å². The first-order valence-corrected chi connectivity index (χ1v) is 7.92. The Bertz CT molecular complexity index is 626. The first-order valence-electron chi connectivity index (χ1n) is 7.92. The minimum atomic E-state index is -0.0786. The molecule has 1 aliphatic heterocycles. The number of nitrogens with one attached hydrogen (secondary N) is 1. The van der Waals surface area contributed by atoms with Crippen LogP contribution in [-0.2, 0) is 17.8 Å². The van der Waals surface area contributed by atoms with Crippen molar-refractivity contribution in [2.24, 2.45) is 0 Å². The van der Waals surface area contributed by atoms with Crippen molar-refractivity contribution in [1.29, 1.82) is 0 Å². The van der Waals surface area contributed by atoms with Crippen LogP contribution in [0.25, 0.3) is 0 Å². The van der Waals surface area contributed by atoms with Crippen molar-refractivity contribution >= 4 is 0 Å². The third-order valence-electron chi connectivity index (χ3n) is 4.16. The molecule has 0 spiro atoms. The molecule has 0 bridgehead atoms. The minimum Gasteiger partial charge on any atom is -0.483 e. The highest BCUT2D eigenvalue weighted by molar-refractivity contribution is 5.36. The molecular weight excluding hydrogens is 274 g/mol. The number of para-hydroxylation sites is 1. The zero-order chi connectivity index (χ0) is 15.4. The summed E-state index contributed by atoms with van der Waals surface area (Å²) in [5, 5.41) is 3.21. The molecule has 2 atom stereocenters. The van der Waals surface area contributed by atoms with Gasteiger partial charge in [0.1, 0.15) is 11.9 Å². The SMILES string of the molecule is CCc1ccccc1OC1c2ccccc2COC1CNC. The lowest BCUT2D eigenvalue weighted by Gasteiger charge is -2.34. The molecule has 0 aromatic heterocycles. The van der Waals surface area contributed by atoms with E-state index in [1.807, 2.05) is 19.2 Å². The largest absolute Gasteiger partial charge is 0.483 e. The molecule has 0 saturated carbocycles. The summed E-state index contributed by atoms with van der Waals surface area (Å²) < 4.78 is 12.4.